The second-order valence-corrected chi connectivity index (χ2v) is 7.99. The number of carbonyl (C=O) groups excluding carboxylic acids is 1. The van der Waals surface area contributed by atoms with Crippen LogP contribution in [0.25, 0.3) is 11.4 Å². The Morgan fingerprint density at radius 3 is 2.59 bits per heavy atom. The first-order valence-corrected chi connectivity index (χ1v) is 10.7. The number of fused-ring (bicyclic) bond motifs is 2. The van der Waals surface area contributed by atoms with Crippen LogP contribution in [0.3, 0.4) is 0 Å². The van der Waals surface area contributed by atoms with Gasteiger partial charge in [0.1, 0.15) is 6.61 Å². The number of carbonyl (C=O) groups is 1. The van der Waals surface area contributed by atoms with Gasteiger partial charge in [-0.25, -0.2) is 0 Å². The van der Waals surface area contributed by atoms with Crippen molar-refractivity contribution in [3.05, 3.63) is 48.4 Å². The maximum Gasteiger partial charge on any atom is 0.267 e. The summed E-state index contributed by atoms with van der Waals surface area (Å²) in [7, 11) is 0. The van der Waals surface area contributed by atoms with Gasteiger partial charge in [-0.3, -0.25) is 4.79 Å². The van der Waals surface area contributed by atoms with Crippen molar-refractivity contribution in [2.75, 3.05) is 26.5 Å². The molecule has 6 rings (SSSR count). The molecule has 9 heteroatoms. The van der Waals surface area contributed by atoms with Crippen molar-refractivity contribution < 1.29 is 28.3 Å². The number of ether oxygens (including phenoxy) is 4. The molecule has 2 aromatic carbocycles. The first-order chi connectivity index (χ1) is 15.7. The molecule has 1 aromatic heterocycles. The number of aromatic nitrogens is 2. The molecule has 0 saturated carbocycles. The van der Waals surface area contributed by atoms with Crippen molar-refractivity contribution in [1.29, 1.82) is 0 Å². The van der Waals surface area contributed by atoms with Crippen LogP contribution in [0.1, 0.15) is 24.7 Å². The van der Waals surface area contributed by atoms with Gasteiger partial charge in [-0.05, 0) is 43.2 Å². The van der Waals surface area contributed by atoms with Crippen LogP contribution in [0.4, 0.5) is 0 Å². The quantitative estimate of drug-likeness (QED) is 0.620. The Bertz CT molecular complexity index is 1150. The average molecular weight is 435 g/mol. The third-order valence-corrected chi connectivity index (χ3v) is 6.01. The number of amides is 1. The lowest BCUT2D eigenvalue weighted by atomic mass is 9.96. The van der Waals surface area contributed by atoms with E-state index in [0.717, 1.165) is 18.4 Å². The Kier molecular flexibility index (Phi) is 4.59. The Morgan fingerprint density at radius 2 is 1.72 bits per heavy atom. The molecular formula is C23H21N3O6. The summed E-state index contributed by atoms with van der Waals surface area (Å²) in [5.74, 6) is 3.84. The van der Waals surface area contributed by atoms with Crippen LogP contribution in [0, 0.1) is 0 Å². The summed E-state index contributed by atoms with van der Waals surface area (Å²) < 4.78 is 27.9. The first-order valence-electron chi connectivity index (χ1n) is 10.7. The van der Waals surface area contributed by atoms with E-state index in [2.05, 4.69) is 10.1 Å². The van der Waals surface area contributed by atoms with Crippen LogP contribution in [-0.2, 0) is 4.79 Å². The van der Waals surface area contributed by atoms with Crippen molar-refractivity contribution in [1.82, 2.24) is 15.0 Å². The number of hydrogen-bond donors (Lipinski definition) is 0. The van der Waals surface area contributed by atoms with E-state index < -0.39 is 6.10 Å². The van der Waals surface area contributed by atoms with E-state index in [0.29, 0.717) is 47.8 Å². The monoisotopic (exact) mass is 435 g/mol. The minimum Gasteiger partial charge on any atom is -0.485 e. The molecule has 1 atom stereocenters. The van der Waals surface area contributed by atoms with Gasteiger partial charge in [0.25, 0.3) is 5.91 Å². The van der Waals surface area contributed by atoms with Gasteiger partial charge in [0, 0.05) is 24.6 Å². The topological polar surface area (TPSA) is 96.2 Å². The maximum absolute atomic E-state index is 12.9. The molecule has 164 valence electrons. The summed E-state index contributed by atoms with van der Waals surface area (Å²) in [4.78, 5) is 19.4. The van der Waals surface area contributed by atoms with E-state index in [1.54, 1.807) is 0 Å². The van der Waals surface area contributed by atoms with Gasteiger partial charge >= 0.3 is 0 Å². The minimum atomic E-state index is -0.623. The Labute approximate surface area is 183 Å². The van der Waals surface area contributed by atoms with Crippen LogP contribution in [0.5, 0.6) is 23.0 Å². The Morgan fingerprint density at radius 1 is 0.938 bits per heavy atom. The molecule has 1 fully saturated rings. The highest BCUT2D eigenvalue weighted by atomic mass is 16.7. The SMILES string of the molecule is O=C([C@@H]1COc2ccccc2O1)N1CCC(c2nc(-c3ccc4c(c3)OCO4)no2)CC1. The molecule has 0 radical (unpaired) electrons. The number of hydrogen-bond acceptors (Lipinski definition) is 8. The summed E-state index contributed by atoms with van der Waals surface area (Å²) >= 11 is 0. The number of piperidine rings is 1. The number of para-hydroxylation sites is 2. The predicted molar refractivity (Wildman–Crippen MR) is 111 cm³/mol. The molecule has 0 N–H and O–H groups in total. The van der Waals surface area contributed by atoms with Crippen molar-refractivity contribution in [2.45, 2.75) is 24.9 Å². The molecule has 0 bridgehead atoms. The van der Waals surface area contributed by atoms with Gasteiger partial charge in [0.2, 0.25) is 24.6 Å². The number of rotatable bonds is 3. The van der Waals surface area contributed by atoms with Gasteiger partial charge in [-0.1, -0.05) is 17.3 Å². The summed E-state index contributed by atoms with van der Waals surface area (Å²) in [6.45, 7) is 1.65. The van der Waals surface area contributed by atoms with Crippen LogP contribution >= 0.6 is 0 Å². The molecule has 3 aliphatic heterocycles. The molecule has 0 unspecified atom stereocenters. The molecule has 9 nitrogen and oxygen atoms in total. The molecule has 4 heterocycles. The van der Waals surface area contributed by atoms with E-state index in [1.807, 2.05) is 47.4 Å². The molecule has 1 amide bonds. The zero-order valence-electron chi connectivity index (χ0n) is 17.2. The van der Waals surface area contributed by atoms with Gasteiger partial charge in [-0.15, -0.1) is 0 Å². The zero-order chi connectivity index (χ0) is 21.5. The fourth-order valence-corrected chi connectivity index (χ4v) is 4.25. The largest absolute Gasteiger partial charge is 0.485 e. The smallest absolute Gasteiger partial charge is 0.267 e. The van der Waals surface area contributed by atoms with Crippen molar-refractivity contribution in [3.8, 4) is 34.4 Å². The van der Waals surface area contributed by atoms with E-state index in [-0.39, 0.29) is 25.2 Å². The highest BCUT2D eigenvalue weighted by Gasteiger charge is 2.34. The fourth-order valence-electron chi connectivity index (χ4n) is 4.25. The molecule has 3 aliphatic rings. The lowest BCUT2D eigenvalue weighted by Crippen LogP contribution is -2.48. The molecule has 32 heavy (non-hydrogen) atoms. The maximum atomic E-state index is 12.9. The van der Waals surface area contributed by atoms with Crippen LogP contribution in [0.15, 0.2) is 47.0 Å². The van der Waals surface area contributed by atoms with E-state index in [4.69, 9.17) is 23.5 Å². The predicted octanol–water partition coefficient (Wildman–Crippen LogP) is 3.01. The van der Waals surface area contributed by atoms with Gasteiger partial charge in [-0.2, -0.15) is 4.98 Å². The minimum absolute atomic E-state index is 0.0514. The summed E-state index contributed by atoms with van der Waals surface area (Å²) in [6.07, 6.45) is 0.875. The number of benzene rings is 2. The second-order valence-electron chi connectivity index (χ2n) is 7.99. The summed E-state index contributed by atoms with van der Waals surface area (Å²) in [5.41, 5.74) is 0.812. The standard InChI is InChI=1S/C23H21N3O6/c27-23(20-12-28-16-3-1-2-4-18(16)31-20)26-9-7-14(8-10-26)22-24-21(25-32-22)15-5-6-17-19(11-15)30-13-29-17/h1-6,11,14,20H,7-10,12-13H2/t20-/m0/s1. The van der Waals surface area contributed by atoms with Crippen molar-refractivity contribution >= 4 is 5.91 Å². The van der Waals surface area contributed by atoms with E-state index in [9.17, 15) is 4.79 Å². The fraction of sp³-hybridized carbons (Fsp3) is 0.348. The van der Waals surface area contributed by atoms with E-state index >= 15 is 0 Å². The summed E-state index contributed by atoms with van der Waals surface area (Å²) in [6, 6.07) is 13.0. The molecule has 3 aromatic rings. The highest BCUT2D eigenvalue weighted by molar-refractivity contribution is 5.82. The lowest BCUT2D eigenvalue weighted by molar-refractivity contribution is -0.142. The Balaban J connectivity index is 1.08. The third kappa shape index (κ3) is 3.39. The van der Waals surface area contributed by atoms with Gasteiger partial charge < -0.3 is 28.4 Å². The molecule has 0 aliphatic carbocycles. The number of nitrogens with zero attached hydrogens (tertiary/aromatic N) is 3. The molecule has 1 saturated heterocycles. The third-order valence-electron chi connectivity index (χ3n) is 6.01. The first kappa shape index (κ1) is 19.0. The van der Waals surface area contributed by atoms with Crippen molar-refractivity contribution in [3.63, 3.8) is 0 Å². The van der Waals surface area contributed by atoms with Crippen molar-refractivity contribution in [2.24, 2.45) is 0 Å². The highest BCUT2D eigenvalue weighted by Crippen LogP contribution is 2.36. The lowest BCUT2D eigenvalue weighted by Gasteiger charge is -2.34. The summed E-state index contributed by atoms with van der Waals surface area (Å²) in [5, 5.41) is 4.14. The number of likely N-dealkylation sites (tertiary alicyclic amines) is 1. The molecular weight excluding hydrogens is 414 g/mol. The average Bonchev–Trinajstić information content (AvgIpc) is 3.53. The molecule has 0 spiro atoms. The van der Waals surface area contributed by atoms with Gasteiger partial charge in [0.15, 0.2) is 23.0 Å². The normalized spacial score (nSPS) is 19.8. The van der Waals surface area contributed by atoms with Gasteiger partial charge in [0.05, 0.1) is 0 Å². The zero-order valence-corrected chi connectivity index (χ0v) is 17.2. The second kappa shape index (κ2) is 7.74. The van der Waals surface area contributed by atoms with E-state index in [1.165, 1.54) is 0 Å². The van der Waals surface area contributed by atoms with Crippen LogP contribution < -0.4 is 18.9 Å². The van der Waals surface area contributed by atoms with Crippen LogP contribution in [0.2, 0.25) is 0 Å². The Hall–Kier alpha value is -3.75. The van der Waals surface area contributed by atoms with Crippen LogP contribution in [-0.4, -0.2) is 53.5 Å².